The average molecular weight is 470 g/mol. The number of fused-ring (bicyclic) bond motifs is 1. The molecule has 0 bridgehead atoms. The SMILES string of the molecule is CC(=O)N1CCCc2cc(S(=O)(=O)N3CCC(C(=O)Nc4cc(C)ccc4C)CC3)ccc21. The highest BCUT2D eigenvalue weighted by molar-refractivity contribution is 7.89. The van der Waals surface area contributed by atoms with Gasteiger partial charge in [0.2, 0.25) is 21.8 Å². The van der Waals surface area contributed by atoms with Crippen molar-refractivity contribution < 1.29 is 18.0 Å². The summed E-state index contributed by atoms with van der Waals surface area (Å²) in [4.78, 5) is 26.6. The van der Waals surface area contributed by atoms with E-state index in [4.69, 9.17) is 0 Å². The van der Waals surface area contributed by atoms with E-state index in [1.807, 2.05) is 32.0 Å². The number of hydrogen-bond acceptors (Lipinski definition) is 4. The minimum atomic E-state index is -3.66. The monoisotopic (exact) mass is 469 g/mol. The van der Waals surface area contributed by atoms with Crippen LogP contribution >= 0.6 is 0 Å². The second-order valence-electron chi connectivity index (χ2n) is 9.05. The van der Waals surface area contributed by atoms with E-state index in [9.17, 15) is 18.0 Å². The molecule has 2 aliphatic rings. The molecule has 1 N–H and O–H groups in total. The molecule has 0 aliphatic carbocycles. The number of hydrogen-bond donors (Lipinski definition) is 1. The molecule has 33 heavy (non-hydrogen) atoms. The van der Waals surface area contributed by atoms with E-state index in [2.05, 4.69) is 5.32 Å². The highest BCUT2D eigenvalue weighted by atomic mass is 32.2. The fourth-order valence-corrected chi connectivity index (χ4v) is 6.19. The number of piperidine rings is 1. The predicted octanol–water partition coefficient (Wildman–Crippen LogP) is 3.64. The average Bonchev–Trinajstić information content (AvgIpc) is 2.80. The summed E-state index contributed by atoms with van der Waals surface area (Å²) in [5.41, 5.74) is 4.58. The molecule has 2 aliphatic heterocycles. The molecular formula is C25H31N3O4S. The Labute approximate surface area is 195 Å². The lowest BCUT2D eigenvalue weighted by atomic mass is 9.97. The first kappa shape index (κ1) is 23.4. The van der Waals surface area contributed by atoms with Crippen molar-refractivity contribution in [2.45, 2.75) is 51.3 Å². The lowest BCUT2D eigenvalue weighted by Gasteiger charge is -2.32. The van der Waals surface area contributed by atoms with Crippen LogP contribution in [0.4, 0.5) is 11.4 Å². The Morgan fingerprint density at radius 1 is 1.00 bits per heavy atom. The fourth-order valence-electron chi connectivity index (χ4n) is 4.67. The summed E-state index contributed by atoms with van der Waals surface area (Å²) >= 11 is 0. The molecule has 0 unspecified atom stereocenters. The quantitative estimate of drug-likeness (QED) is 0.741. The second-order valence-corrected chi connectivity index (χ2v) is 11.0. The lowest BCUT2D eigenvalue weighted by molar-refractivity contribution is -0.121. The molecule has 176 valence electrons. The normalized spacial score (nSPS) is 17.5. The van der Waals surface area contributed by atoms with Crippen LogP contribution in [0.1, 0.15) is 42.9 Å². The van der Waals surface area contributed by atoms with Crippen molar-refractivity contribution in [1.82, 2.24) is 4.31 Å². The van der Waals surface area contributed by atoms with Gasteiger partial charge < -0.3 is 10.2 Å². The zero-order valence-electron chi connectivity index (χ0n) is 19.4. The number of benzene rings is 2. The molecule has 0 aromatic heterocycles. The van der Waals surface area contributed by atoms with Gasteiger partial charge in [-0.1, -0.05) is 12.1 Å². The van der Waals surface area contributed by atoms with E-state index in [-0.39, 0.29) is 22.6 Å². The maximum Gasteiger partial charge on any atom is 0.243 e. The van der Waals surface area contributed by atoms with E-state index in [0.29, 0.717) is 32.5 Å². The Morgan fingerprint density at radius 2 is 1.73 bits per heavy atom. The van der Waals surface area contributed by atoms with Crippen molar-refractivity contribution >= 4 is 33.2 Å². The number of nitrogens with one attached hydrogen (secondary N) is 1. The van der Waals surface area contributed by atoms with Gasteiger partial charge in [0.05, 0.1) is 4.90 Å². The second kappa shape index (κ2) is 9.27. The van der Waals surface area contributed by atoms with Crippen LogP contribution in [-0.2, 0) is 26.0 Å². The summed E-state index contributed by atoms with van der Waals surface area (Å²) in [6, 6.07) is 11.0. The summed E-state index contributed by atoms with van der Waals surface area (Å²) in [6.07, 6.45) is 2.54. The van der Waals surface area contributed by atoms with Gasteiger partial charge in [0, 0.05) is 43.9 Å². The Kier molecular flexibility index (Phi) is 6.59. The molecule has 2 aromatic rings. The van der Waals surface area contributed by atoms with E-state index in [1.165, 1.54) is 11.2 Å². The topological polar surface area (TPSA) is 86.8 Å². The molecule has 4 rings (SSSR count). The molecule has 0 saturated carbocycles. The zero-order chi connectivity index (χ0) is 23.8. The van der Waals surface area contributed by atoms with Gasteiger partial charge in [-0.05, 0) is 80.5 Å². The van der Waals surface area contributed by atoms with Gasteiger partial charge in [0.15, 0.2) is 0 Å². The van der Waals surface area contributed by atoms with Crippen molar-refractivity contribution in [2.75, 3.05) is 29.9 Å². The van der Waals surface area contributed by atoms with E-state index < -0.39 is 10.0 Å². The number of carbonyl (C=O) groups is 2. The molecule has 0 radical (unpaired) electrons. The van der Waals surface area contributed by atoms with Gasteiger partial charge >= 0.3 is 0 Å². The van der Waals surface area contributed by atoms with Gasteiger partial charge in [0.1, 0.15) is 0 Å². The summed E-state index contributed by atoms with van der Waals surface area (Å²) in [7, 11) is -3.66. The molecule has 8 heteroatoms. The van der Waals surface area contributed by atoms with Gasteiger partial charge in [-0.25, -0.2) is 8.42 Å². The number of amides is 2. The number of rotatable bonds is 4. The predicted molar refractivity (Wildman–Crippen MR) is 129 cm³/mol. The van der Waals surface area contributed by atoms with Crippen LogP contribution in [0.25, 0.3) is 0 Å². The Morgan fingerprint density at radius 3 is 2.42 bits per heavy atom. The van der Waals surface area contributed by atoms with Gasteiger partial charge in [-0.2, -0.15) is 4.31 Å². The van der Waals surface area contributed by atoms with Crippen molar-refractivity contribution in [1.29, 1.82) is 0 Å². The van der Waals surface area contributed by atoms with Gasteiger partial charge in [0.25, 0.3) is 0 Å². The minimum Gasteiger partial charge on any atom is -0.326 e. The van der Waals surface area contributed by atoms with Crippen molar-refractivity contribution in [3.63, 3.8) is 0 Å². The van der Waals surface area contributed by atoms with Crippen LogP contribution in [-0.4, -0.2) is 44.2 Å². The van der Waals surface area contributed by atoms with Crippen LogP contribution in [0.3, 0.4) is 0 Å². The van der Waals surface area contributed by atoms with Crippen molar-refractivity contribution in [3.8, 4) is 0 Å². The van der Waals surface area contributed by atoms with Gasteiger partial charge in [-0.15, -0.1) is 0 Å². The first-order valence-corrected chi connectivity index (χ1v) is 12.9. The molecule has 0 atom stereocenters. The third-order valence-corrected chi connectivity index (χ3v) is 8.56. The zero-order valence-corrected chi connectivity index (χ0v) is 20.2. The van der Waals surface area contributed by atoms with Crippen LogP contribution < -0.4 is 10.2 Å². The molecule has 2 amide bonds. The molecule has 0 spiro atoms. The smallest absolute Gasteiger partial charge is 0.243 e. The minimum absolute atomic E-state index is 0.0345. The first-order chi connectivity index (χ1) is 15.7. The number of aryl methyl sites for hydroxylation is 3. The Balaban J connectivity index is 1.43. The summed E-state index contributed by atoms with van der Waals surface area (Å²) in [5, 5.41) is 3.01. The summed E-state index contributed by atoms with van der Waals surface area (Å²) in [6.45, 7) is 6.75. The number of nitrogens with zero attached hydrogens (tertiary/aromatic N) is 2. The fraction of sp³-hybridized carbons (Fsp3) is 0.440. The van der Waals surface area contributed by atoms with Gasteiger partial charge in [-0.3, -0.25) is 9.59 Å². The maximum absolute atomic E-state index is 13.3. The molecule has 2 heterocycles. The lowest BCUT2D eigenvalue weighted by Crippen LogP contribution is -2.41. The summed E-state index contributed by atoms with van der Waals surface area (Å²) in [5.74, 6) is -0.310. The molecule has 1 saturated heterocycles. The third-order valence-electron chi connectivity index (χ3n) is 6.66. The van der Waals surface area contributed by atoms with Crippen LogP contribution in [0.2, 0.25) is 0 Å². The Bertz CT molecular complexity index is 1180. The molecule has 7 nitrogen and oxygen atoms in total. The van der Waals surface area contributed by atoms with Crippen molar-refractivity contribution in [2.24, 2.45) is 5.92 Å². The molecule has 2 aromatic carbocycles. The van der Waals surface area contributed by atoms with Crippen LogP contribution in [0.15, 0.2) is 41.3 Å². The highest BCUT2D eigenvalue weighted by Gasteiger charge is 2.33. The van der Waals surface area contributed by atoms with Crippen molar-refractivity contribution in [3.05, 3.63) is 53.1 Å². The standard InChI is InChI=1S/C25H31N3O4S/c1-17-6-7-18(2)23(15-17)26-25(30)20-10-13-27(14-11-20)33(31,32)22-8-9-24-21(16-22)5-4-12-28(24)19(3)29/h6-9,15-16,20H,4-5,10-14H2,1-3H3,(H,26,30). The molecule has 1 fully saturated rings. The van der Waals surface area contributed by atoms with E-state index in [1.54, 1.807) is 23.1 Å². The molecular weight excluding hydrogens is 438 g/mol. The summed E-state index contributed by atoms with van der Waals surface area (Å²) < 4.78 is 28.0. The highest BCUT2D eigenvalue weighted by Crippen LogP contribution is 2.32. The Hall–Kier alpha value is -2.71. The van der Waals surface area contributed by atoms with E-state index >= 15 is 0 Å². The number of carbonyl (C=O) groups excluding carboxylic acids is 2. The number of sulfonamides is 1. The largest absolute Gasteiger partial charge is 0.326 e. The van der Waals surface area contributed by atoms with Crippen LogP contribution in [0, 0.1) is 19.8 Å². The van der Waals surface area contributed by atoms with E-state index in [0.717, 1.165) is 40.9 Å². The maximum atomic E-state index is 13.3. The first-order valence-electron chi connectivity index (χ1n) is 11.5. The number of anilines is 2. The van der Waals surface area contributed by atoms with Crippen LogP contribution in [0.5, 0.6) is 0 Å². The third kappa shape index (κ3) is 4.82.